The summed E-state index contributed by atoms with van der Waals surface area (Å²) in [5.74, 6) is -1.28. The molecule has 3 rings (SSSR count). The van der Waals surface area contributed by atoms with Crippen LogP contribution in [0.3, 0.4) is 0 Å². The van der Waals surface area contributed by atoms with Gasteiger partial charge in [0.1, 0.15) is 11.6 Å². The molecule has 0 aliphatic rings. The quantitative estimate of drug-likeness (QED) is 0.104. The molecule has 0 saturated heterocycles. The van der Waals surface area contributed by atoms with Crippen molar-refractivity contribution in [3.8, 4) is 16.9 Å². The number of primary amides is 1. The highest BCUT2D eigenvalue weighted by molar-refractivity contribution is 7.46. The number of halogens is 2. The molecule has 1 atom stereocenters. The molecule has 2 aromatic carbocycles. The number of carbonyl (C=O) groups is 1. The maximum atomic E-state index is 13.7. The van der Waals surface area contributed by atoms with Crippen LogP contribution in [0.2, 0.25) is 5.02 Å². The number of carbonyl (C=O) groups excluding carboxylic acids is 1. The summed E-state index contributed by atoms with van der Waals surface area (Å²) in [6.45, 7) is 4.04. The Balaban J connectivity index is 2.26. The molecule has 0 aliphatic carbocycles. The zero-order valence-corrected chi connectivity index (χ0v) is 25.6. The Labute approximate surface area is 247 Å². The first kappa shape index (κ1) is 34.0. The normalized spacial score (nSPS) is 12.9. The highest BCUT2D eigenvalue weighted by Crippen LogP contribution is 2.44. The zero-order valence-electron chi connectivity index (χ0n) is 23.1. The lowest BCUT2D eigenvalue weighted by molar-refractivity contribution is 0.0999. The molecule has 230 valence electrons. The van der Waals surface area contributed by atoms with Gasteiger partial charge >= 0.3 is 15.6 Å². The van der Waals surface area contributed by atoms with E-state index in [0.29, 0.717) is 34.5 Å². The van der Waals surface area contributed by atoms with Crippen molar-refractivity contribution in [2.75, 3.05) is 6.61 Å². The maximum Gasteiger partial charge on any atom is 0.524 e. The second-order valence-electron chi connectivity index (χ2n) is 9.96. The molecule has 0 saturated carbocycles. The van der Waals surface area contributed by atoms with Gasteiger partial charge in [0.05, 0.1) is 17.2 Å². The number of rotatable bonds is 15. The molecule has 42 heavy (non-hydrogen) atoms. The van der Waals surface area contributed by atoms with Crippen molar-refractivity contribution in [1.29, 1.82) is 0 Å². The molecule has 1 amide bonds. The molecular formula is C27H34ClFN2O9P2. The van der Waals surface area contributed by atoms with Crippen LogP contribution in [0.15, 0.2) is 42.5 Å². The Bertz CT molecular complexity index is 1500. The molecule has 15 heteroatoms. The number of benzene rings is 2. The summed E-state index contributed by atoms with van der Waals surface area (Å²) in [4.78, 5) is 49.8. The predicted molar refractivity (Wildman–Crippen MR) is 156 cm³/mol. The van der Waals surface area contributed by atoms with E-state index in [9.17, 15) is 28.1 Å². The zero-order chi connectivity index (χ0) is 31.2. The third kappa shape index (κ3) is 9.49. The minimum absolute atomic E-state index is 0.110. The van der Waals surface area contributed by atoms with Crippen LogP contribution in [0.1, 0.15) is 60.4 Å². The van der Waals surface area contributed by atoms with Crippen molar-refractivity contribution in [2.45, 2.75) is 52.5 Å². The van der Waals surface area contributed by atoms with E-state index in [4.69, 9.17) is 27.1 Å². The number of phosphoric acid groups is 2. The van der Waals surface area contributed by atoms with E-state index >= 15 is 0 Å². The Morgan fingerprint density at radius 2 is 1.74 bits per heavy atom. The molecule has 1 heterocycles. The van der Waals surface area contributed by atoms with Gasteiger partial charge in [-0.2, -0.15) is 0 Å². The molecule has 1 aromatic heterocycles. The van der Waals surface area contributed by atoms with Crippen molar-refractivity contribution in [3.63, 3.8) is 0 Å². The first-order chi connectivity index (χ1) is 19.6. The van der Waals surface area contributed by atoms with Gasteiger partial charge in [-0.25, -0.2) is 13.5 Å². The summed E-state index contributed by atoms with van der Waals surface area (Å²) in [5, 5.41) is -0.110. The minimum Gasteiger partial charge on any atom is -0.403 e. The highest BCUT2D eigenvalue weighted by atomic mass is 35.5. The first-order valence-corrected chi connectivity index (χ1v) is 16.6. The van der Waals surface area contributed by atoms with E-state index in [1.54, 1.807) is 12.1 Å². The van der Waals surface area contributed by atoms with Gasteiger partial charge in [0.15, 0.2) is 0 Å². The van der Waals surface area contributed by atoms with Crippen LogP contribution < -0.4 is 10.3 Å². The van der Waals surface area contributed by atoms with Crippen molar-refractivity contribution in [3.05, 3.63) is 75.8 Å². The molecule has 6 N–H and O–H groups in total. The Hall–Kier alpha value is -2.53. The van der Waals surface area contributed by atoms with Crippen LogP contribution in [0, 0.1) is 11.7 Å². The van der Waals surface area contributed by atoms with Crippen LogP contribution in [0.4, 0.5) is 4.39 Å². The summed E-state index contributed by atoms with van der Waals surface area (Å²) in [5.41, 5.74) is 8.94. The number of hydrogen-bond donors (Lipinski definition) is 5. The topological polar surface area (TPSA) is 182 Å². The fourth-order valence-electron chi connectivity index (χ4n) is 4.95. The van der Waals surface area contributed by atoms with E-state index in [1.165, 1.54) is 30.3 Å². The average molecular weight is 647 g/mol. The van der Waals surface area contributed by atoms with Gasteiger partial charge in [-0.1, -0.05) is 56.5 Å². The van der Waals surface area contributed by atoms with E-state index in [-0.39, 0.29) is 48.2 Å². The largest absolute Gasteiger partial charge is 0.524 e. The van der Waals surface area contributed by atoms with Crippen LogP contribution in [-0.2, 0) is 33.0 Å². The third-order valence-electron chi connectivity index (χ3n) is 6.56. The van der Waals surface area contributed by atoms with Crippen molar-refractivity contribution in [1.82, 2.24) is 4.57 Å². The highest BCUT2D eigenvalue weighted by Gasteiger charge is 2.29. The fraction of sp³-hybridized carbons (Fsp3) is 0.370. The van der Waals surface area contributed by atoms with Crippen molar-refractivity contribution >= 4 is 33.2 Å². The number of phosphoric ester groups is 2. The third-order valence-corrected chi connectivity index (χ3v) is 7.81. The van der Waals surface area contributed by atoms with E-state index < -0.39 is 27.4 Å². The van der Waals surface area contributed by atoms with E-state index in [0.717, 1.165) is 12.8 Å². The van der Waals surface area contributed by atoms with Crippen LogP contribution in [-0.4, -0.2) is 36.7 Å². The monoisotopic (exact) mass is 646 g/mol. The fourth-order valence-corrected chi connectivity index (χ4v) is 6.00. The molecule has 11 nitrogen and oxygen atoms in total. The number of amides is 1. The average Bonchev–Trinajstić information content (AvgIpc) is 3.16. The number of hydrogen-bond acceptors (Lipinski definition) is 5. The molecule has 0 aliphatic heterocycles. The summed E-state index contributed by atoms with van der Waals surface area (Å²) < 4.78 is 47.5. The number of aromatic nitrogens is 1. The lowest BCUT2D eigenvalue weighted by Gasteiger charge is -2.18. The lowest BCUT2D eigenvalue weighted by Crippen LogP contribution is -2.16. The SMILES string of the molecule is CCCC(C)Cc1c(-c2ccc(OP(=O)(O)O)c(Cl)c2)c(C(N)=O)c(Cc2ccc(F)cc2)n1CCCOP(=O)(O)O. The first-order valence-electron chi connectivity index (χ1n) is 13.1. The molecule has 0 radical (unpaired) electrons. The van der Waals surface area contributed by atoms with Gasteiger partial charge in [0, 0.05) is 29.9 Å². The Morgan fingerprint density at radius 3 is 2.29 bits per heavy atom. The van der Waals surface area contributed by atoms with Crippen LogP contribution in [0.25, 0.3) is 11.1 Å². The summed E-state index contributed by atoms with van der Waals surface area (Å²) in [7, 11) is -9.59. The number of nitrogens with two attached hydrogens (primary N) is 1. The minimum atomic E-state index is -4.89. The van der Waals surface area contributed by atoms with Gasteiger partial charge in [-0.05, 0) is 54.2 Å². The summed E-state index contributed by atoms with van der Waals surface area (Å²) in [6.07, 6.45) is 2.61. The van der Waals surface area contributed by atoms with Gasteiger partial charge < -0.3 is 24.6 Å². The van der Waals surface area contributed by atoms with Gasteiger partial charge in [0.2, 0.25) is 0 Å². The molecule has 0 spiro atoms. The van der Waals surface area contributed by atoms with Crippen LogP contribution >= 0.6 is 27.2 Å². The van der Waals surface area contributed by atoms with Crippen molar-refractivity contribution in [2.24, 2.45) is 11.7 Å². The molecule has 0 bridgehead atoms. The smallest absolute Gasteiger partial charge is 0.403 e. The van der Waals surface area contributed by atoms with E-state index in [2.05, 4.69) is 16.0 Å². The molecular weight excluding hydrogens is 613 g/mol. The molecule has 3 aromatic rings. The van der Waals surface area contributed by atoms with Crippen molar-refractivity contribution < 1.29 is 46.9 Å². The standard InChI is InChI=1S/C27H34ClFN2O9P2/c1-3-5-17(2)14-22-25(19-8-11-24(21(28)16-19)40-42(36,37)38)26(27(30)32)23(15-18-6-9-20(29)10-7-18)31(22)12-4-13-39-41(33,34)35/h6-11,16-17H,3-5,12-15H2,1-2H3,(H2,30,32)(H2,33,34,35)(H2,36,37,38). The number of nitrogens with zero attached hydrogens (tertiary/aromatic N) is 1. The second kappa shape index (κ2) is 14.3. The summed E-state index contributed by atoms with van der Waals surface area (Å²) in [6, 6.07) is 9.97. The predicted octanol–water partition coefficient (Wildman–Crippen LogP) is 5.59. The van der Waals surface area contributed by atoms with Gasteiger partial charge in [0.25, 0.3) is 5.91 Å². The van der Waals surface area contributed by atoms with E-state index in [1.807, 2.05) is 11.5 Å². The van der Waals surface area contributed by atoms with Gasteiger partial charge in [-0.15, -0.1) is 0 Å². The Kier molecular flexibility index (Phi) is 11.6. The lowest BCUT2D eigenvalue weighted by atomic mass is 9.93. The van der Waals surface area contributed by atoms with Crippen LogP contribution in [0.5, 0.6) is 5.75 Å². The molecule has 1 unspecified atom stereocenters. The Morgan fingerprint density at radius 1 is 1.07 bits per heavy atom. The summed E-state index contributed by atoms with van der Waals surface area (Å²) >= 11 is 6.34. The van der Waals surface area contributed by atoms with Gasteiger partial charge in [-0.3, -0.25) is 19.1 Å². The second-order valence-corrected chi connectivity index (χ2v) is 12.8. The molecule has 0 fully saturated rings. The maximum absolute atomic E-state index is 13.7.